The first-order chi connectivity index (χ1) is 9.65. The molecule has 1 atom stereocenters. The summed E-state index contributed by atoms with van der Waals surface area (Å²) in [4.78, 5) is 0. The highest BCUT2D eigenvalue weighted by Crippen LogP contribution is 2.24. The molecule has 0 bridgehead atoms. The standard InChI is InChI=1S/C16H23N3O/c1-5-13-6-8-14(9-7-13)20-12(3)16-15(10-17-4)11(2)18-19-16/h6-9,12,17H,5,10H2,1-4H3,(H,18,19). The van der Waals surface area contributed by atoms with Crippen molar-refractivity contribution in [2.24, 2.45) is 0 Å². The number of H-pyrrole nitrogens is 1. The van der Waals surface area contributed by atoms with E-state index in [0.717, 1.165) is 30.1 Å². The van der Waals surface area contributed by atoms with E-state index in [0.29, 0.717) is 0 Å². The van der Waals surface area contributed by atoms with Gasteiger partial charge in [-0.2, -0.15) is 5.10 Å². The second-order valence-corrected chi connectivity index (χ2v) is 5.00. The van der Waals surface area contributed by atoms with E-state index in [4.69, 9.17) is 4.74 Å². The zero-order valence-corrected chi connectivity index (χ0v) is 12.7. The van der Waals surface area contributed by atoms with Gasteiger partial charge in [-0.25, -0.2) is 0 Å². The molecule has 2 aromatic rings. The van der Waals surface area contributed by atoms with E-state index in [1.165, 1.54) is 11.1 Å². The molecule has 4 nitrogen and oxygen atoms in total. The zero-order chi connectivity index (χ0) is 14.5. The van der Waals surface area contributed by atoms with Crippen molar-refractivity contribution in [3.05, 3.63) is 46.8 Å². The van der Waals surface area contributed by atoms with Crippen LogP contribution in [0.5, 0.6) is 5.75 Å². The average Bonchev–Trinajstić information content (AvgIpc) is 2.82. The third-order valence-corrected chi connectivity index (χ3v) is 3.49. The number of benzene rings is 1. The number of nitrogens with one attached hydrogen (secondary N) is 2. The van der Waals surface area contributed by atoms with Crippen molar-refractivity contribution < 1.29 is 4.74 Å². The predicted molar refractivity (Wildman–Crippen MR) is 81.0 cm³/mol. The number of aromatic amines is 1. The average molecular weight is 273 g/mol. The first-order valence-corrected chi connectivity index (χ1v) is 7.09. The van der Waals surface area contributed by atoms with Crippen molar-refractivity contribution >= 4 is 0 Å². The number of hydrogen-bond donors (Lipinski definition) is 2. The summed E-state index contributed by atoms with van der Waals surface area (Å²) in [5.41, 5.74) is 4.56. The highest BCUT2D eigenvalue weighted by molar-refractivity contribution is 5.30. The van der Waals surface area contributed by atoms with Crippen molar-refractivity contribution in [2.45, 2.75) is 39.8 Å². The van der Waals surface area contributed by atoms with Crippen LogP contribution in [-0.2, 0) is 13.0 Å². The van der Waals surface area contributed by atoms with E-state index in [1.54, 1.807) is 0 Å². The van der Waals surface area contributed by atoms with Crippen LogP contribution in [0.15, 0.2) is 24.3 Å². The fourth-order valence-corrected chi connectivity index (χ4v) is 2.27. The van der Waals surface area contributed by atoms with Gasteiger partial charge < -0.3 is 10.1 Å². The first kappa shape index (κ1) is 14.6. The minimum absolute atomic E-state index is 0.0734. The van der Waals surface area contributed by atoms with Crippen LogP contribution in [-0.4, -0.2) is 17.2 Å². The SMILES string of the molecule is CCc1ccc(OC(C)c2n[nH]c(C)c2CNC)cc1. The zero-order valence-electron chi connectivity index (χ0n) is 12.7. The maximum atomic E-state index is 5.99. The molecule has 1 unspecified atom stereocenters. The summed E-state index contributed by atoms with van der Waals surface area (Å²) < 4.78 is 5.99. The van der Waals surface area contributed by atoms with E-state index in [2.05, 4.69) is 34.6 Å². The molecular weight excluding hydrogens is 250 g/mol. The van der Waals surface area contributed by atoms with Crippen LogP contribution in [0.2, 0.25) is 0 Å². The van der Waals surface area contributed by atoms with Crippen molar-refractivity contribution in [1.29, 1.82) is 0 Å². The van der Waals surface area contributed by atoms with Gasteiger partial charge >= 0.3 is 0 Å². The van der Waals surface area contributed by atoms with Gasteiger partial charge in [-0.3, -0.25) is 5.10 Å². The number of nitrogens with zero attached hydrogens (tertiary/aromatic N) is 1. The maximum Gasteiger partial charge on any atom is 0.140 e. The molecule has 0 saturated heterocycles. The van der Waals surface area contributed by atoms with Crippen LogP contribution >= 0.6 is 0 Å². The lowest BCUT2D eigenvalue weighted by atomic mass is 10.1. The van der Waals surface area contributed by atoms with E-state index >= 15 is 0 Å². The molecule has 2 N–H and O–H groups in total. The van der Waals surface area contributed by atoms with Crippen LogP contribution in [0.4, 0.5) is 0 Å². The Bertz CT molecular complexity index is 545. The Morgan fingerprint density at radius 2 is 2.00 bits per heavy atom. The van der Waals surface area contributed by atoms with Gasteiger partial charge in [-0.05, 0) is 45.0 Å². The molecule has 0 spiro atoms. The second kappa shape index (κ2) is 6.57. The lowest BCUT2D eigenvalue weighted by molar-refractivity contribution is 0.220. The number of rotatable bonds is 6. The Morgan fingerprint density at radius 3 is 2.60 bits per heavy atom. The van der Waals surface area contributed by atoms with E-state index in [9.17, 15) is 0 Å². The Labute approximate surface area is 120 Å². The fourth-order valence-electron chi connectivity index (χ4n) is 2.27. The molecule has 0 fully saturated rings. The summed E-state index contributed by atoms with van der Waals surface area (Å²) in [6.45, 7) is 7.00. The fraction of sp³-hybridized carbons (Fsp3) is 0.438. The molecule has 0 aliphatic carbocycles. The van der Waals surface area contributed by atoms with Gasteiger partial charge in [-0.1, -0.05) is 19.1 Å². The van der Waals surface area contributed by atoms with Gasteiger partial charge in [0.25, 0.3) is 0 Å². The van der Waals surface area contributed by atoms with Crippen LogP contribution in [0, 0.1) is 6.92 Å². The number of ether oxygens (including phenoxy) is 1. The molecule has 0 aliphatic heterocycles. The van der Waals surface area contributed by atoms with Gasteiger partial charge in [-0.15, -0.1) is 0 Å². The summed E-state index contributed by atoms with van der Waals surface area (Å²) >= 11 is 0. The van der Waals surface area contributed by atoms with Gasteiger partial charge in [0, 0.05) is 17.8 Å². The summed E-state index contributed by atoms with van der Waals surface area (Å²) in [5, 5.41) is 10.6. The summed E-state index contributed by atoms with van der Waals surface area (Å²) in [7, 11) is 1.94. The second-order valence-electron chi connectivity index (χ2n) is 5.00. The molecule has 4 heteroatoms. The third kappa shape index (κ3) is 3.20. The molecule has 1 aromatic heterocycles. The molecule has 108 valence electrons. The maximum absolute atomic E-state index is 5.99. The Hall–Kier alpha value is -1.81. The third-order valence-electron chi connectivity index (χ3n) is 3.49. The molecule has 20 heavy (non-hydrogen) atoms. The molecule has 0 aliphatic rings. The summed E-state index contributed by atoms with van der Waals surface area (Å²) in [5.74, 6) is 0.880. The van der Waals surface area contributed by atoms with Gasteiger partial charge in [0.15, 0.2) is 0 Å². The van der Waals surface area contributed by atoms with Crippen molar-refractivity contribution in [3.63, 3.8) is 0 Å². The monoisotopic (exact) mass is 273 g/mol. The summed E-state index contributed by atoms with van der Waals surface area (Å²) in [6.07, 6.45) is 0.969. The van der Waals surface area contributed by atoms with E-state index in [1.807, 2.05) is 33.0 Å². The molecule has 2 rings (SSSR count). The topological polar surface area (TPSA) is 49.9 Å². The Morgan fingerprint density at radius 1 is 1.30 bits per heavy atom. The molecule has 0 radical (unpaired) electrons. The minimum Gasteiger partial charge on any atom is -0.484 e. The normalized spacial score (nSPS) is 12.4. The Kier molecular flexibility index (Phi) is 4.79. The number of hydrogen-bond acceptors (Lipinski definition) is 3. The first-order valence-electron chi connectivity index (χ1n) is 7.09. The predicted octanol–water partition coefficient (Wildman–Crippen LogP) is 3.14. The molecule has 0 amide bonds. The van der Waals surface area contributed by atoms with Gasteiger partial charge in [0.2, 0.25) is 0 Å². The quantitative estimate of drug-likeness (QED) is 0.850. The molecule has 1 heterocycles. The van der Waals surface area contributed by atoms with Gasteiger partial charge in [0.05, 0.1) is 0 Å². The summed E-state index contributed by atoms with van der Waals surface area (Å²) in [6, 6.07) is 8.25. The lowest BCUT2D eigenvalue weighted by Crippen LogP contribution is -2.12. The van der Waals surface area contributed by atoms with Crippen molar-refractivity contribution in [2.75, 3.05) is 7.05 Å². The minimum atomic E-state index is -0.0734. The van der Waals surface area contributed by atoms with Crippen LogP contribution in [0.1, 0.15) is 42.5 Å². The molecule has 0 saturated carbocycles. The van der Waals surface area contributed by atoms with E-state index in [-0.39, 0.29) is 6.10 Å². The van der Waals surface area contributed by atoms with Crippen LogP contribution < -0.4 is 10.1 Å². The van der Waals surface area contributed by atoms with Crippen molar-refractivity contribution in [3.8, 4) is 5.75 Å². The number of aryl methyl sites for hydroxylation is 2. The van der Waals surface area contributed by atoms with E-state index < -0.39 is 0 Å². The van der Waals surface area contributed by atoms with Crippen LogP contribution in [0.25, 0.3) is 0 Å². The highest BCUT2D eigenvalue weighted by atomic mass is 16.5. The van der Waals surface area contributed by atoms with Gasteiger partial charge in [0.1, 0.15) is 17.5 Å². The van der Waals surface area contributed by atoms with Crippen LogP contribution in [0.3, 0.4) is 0 Å². The largest absolute Gasteiger partial charge is 0.484 e. The highest BCUT2D eigenvalue weighted by Gasteiger charge is 2.17. The Balaban J connectivity index is 2.12. The molecule has 1 aromatic carbocycles. The smallest absolute Gasteiger partial charge is 0.140 e. The number of aromatic nitrogens is 2. The lowest BCUT2D eigenvalue weighted by Gasteiger charge is -2.15. The molecular formula is C16H23N3O. The van der Waals surface area contributed by atoms with Crippen molar-refractivity contribution in [1.82, 2.24) is 15.5 Å².